The number of rotatable bonds is 1. The van der Waals surface area contributed by atoms with Gasteiger partial charge in [-0.25, -0.2) is 0 Å². The van der Waals surface area contributed by atoms with E-state index in [1.165, 1.54) is 5.88 Å². The Morgan fingerprint density at radius 1 is 1.50 bits per heavy atom. The van der Waals surface area contributed by atoms with E-state index in [4.69, 9.17) is 0 Å². The van der Waals surface area contributed by atoms with Crippen molar-refractivity contribution >= 4 is 30.1 Å². The minimum atomic E-state index is -1.66. The summed E-state index contributed by atoms with van der Waals surface area (Å²) >= 11 is 0.375. The quantitative estimate of drug-likeness (QED) is 0.669. The van der Waals surface area contributed by atoms with Crippen LogP contribution in [0.25, 0.3) is 0 Å². The molecule has 3 heteroatoms. The normalized spacial score (nSPS) is 19.6. The Balaban J connectivity index is 2.67. The summed E-state index contributed by atoms with van der Waals surface area (Å²) < 4.78 is 1.71. The van der Waals surface area contributed by atoms with Gasteiger partial charge in [0, 0.05) is 0 Å². The van der Waals surface area contributed by atoms with Crippen molar-refractivity contribution in [3.63, 3.8) is 0 Å². The SMILES string of the molecule is CN1C=[C]([Sn]([CH3])([CH3])[CH3])SC1. The Bertz CT molecular complexity index is 159. The number of hydrogen-bond acceptors (Lipinski definition) is 2. The summed E-state index contributed by atoms with van der Waals surface area (Å²) in [6.45, 7) is 0. The molecule has 0 spiro atoms. The van der Waals surface area contributed by atoms with Gasteiger partial charge in [0.1, 0.15) is 0 Å². The van der Waals surface area contributed by atoms with Gasteiger partial charge in [0.15, 0.2) is 0 Å². The van der Waals surface area contributed by atoms with Gasteiger partial charge in [0.2, 0.25) is 0 Å². The Labute approximate surface area is 71.7 Å². The van der Waals surface area contributed by atoms with Crippen LogP contribution in [0, 0.1) is 0 Å². The molecular weight excluding hydrogens is 249 g/mol. The summed E-state index contributed by atoms with van der Waals surface area (Å²) in [4.78, 5) is 9.67. The Kier molecular flexibility index (Phi) is 2.61. The Morgan fingerprint density at radius 2 is 2.10 bits per heavy atom. The predicted octanol–water partition coefficient (Wildman–Crippen LogP) is 2.34. The maximum atomic E-state index is 2.46. The first-order valence-electron chi connectivity index (χ1n) is 3.55. The molecule has 0 aromatic carbocycles. The fourth-order valence-corrected chi connectivity index (χ4v) is 7.96. The van der Waals surface area contributed by atoms with Crippen LogP contribution < -0.4 is 0 Å². The molecule has 1 heterocycles. The first kappa shape index (κ1) is 8.78. The summed E-state index contributed by atoms with van der Waals surface area (Å²) in [7, 11) is 2.15. The number of nitrogens with zero attached hydrogens (tertiary/aromatic N) is 1. The molecule has 0 atom stereocenters. The number of hydrogen-bond donors (Lipinski definition) is 0. The van der Waals surface area contributed by atoms with Gasteiger partial charge in [0.05, 0.1) is 0 Å². The molecule has 0 aromatic heterocycles. The molecular formula is C7H15NSSn. The van der Waals surface area contributed by atoms with Gasteiger partial charge in [-0.1, -0.05) is 0 Å². The van der Waals surface area contributed by atoms with Crippen molar-refractivity contribution in [3.05, 3.63) is 9.12 Å². The van der Waals surface area contributed by atoms with Crippen molar-refractivity contribution < 1.29 is 0 Å². The van der Waals surface area contributed by atoms with Crippen molar-refractivity contribution in [2.24, 2.45) is 0 Å². The van der Waals surface area contributed by atoms with Crippen LogP contribution in [0.4, 0.5) is 0 Å². The van der Waals surface area contributed by atoms with Gasteiger partial charge >= 0.3 is 71.9 Å². The average Bonchev–Trinajstić information content (AvgIpc) is 2.11. The molecule has 0 fully saturated rings. The molecule has 0 amide bonds. The van der Waals surface area contributed by atoms with Gasteiger partial charge < -0.3 is 0 Å². The van der Waals surface area contributed by atoms with Crippen molar-refractivity contribution in [2.75, 3.05) is 12.9 Å². The second-order valence-electron chi connectivity index (χ2n) is 3.77. The van der Waals surface area contributed by atoms with Crippen LogP contribution in [0.2, 0.25) is 14.8 Å². The Morgan fingerprint density at radius 3 is 2.30 bits per heavy atom. The Hall–Kier alpha value is 0.689. The third-order valence-electron chi connectivity index (χ3n) is 1.50. The van der Waals surface area contributed by atoms with Gasteiger partial charge in [0.25, 0.3) is 0 Å². The number of thioether (sulfide) groups is 1. The van der Waals surface area contributed by atoms with Crippen LogP contribution in [0.5, 0.6) is 0 Å². The average molecular weight is 264 g/mol. The minimum absolute atomic E-state index is 1.17. The monoisotopic (exact) mass is 265 g/mol. The third kappa shape index (κ3) is 2.09. The predicted molar refractivity (Wildman–Crippen MR) is 51.7 cm³/mol. The first-order chi connectivity index (χ1) is 4.50. The molecule has 0 N–H and O–H groups in total. The summed E-state index contributed by atoms with van der Waals surface area (Å²) in [5, 5.41) is 0. The molecule has 1 aliphatic heterocycles. The van der Waals surface area contributed by atoms with E-state index in [2.05, 4.69) is 33.0 Å². The summed E-state index contributed by atoms with van der Waals surface area (Å²) in [5.74, 6) is 1.17. The topological polar surface area (TPSA) is 3.24 Å². The van der Waals surface area contributed by atoms with E-state index in [9.17, 15) is 0 Å². The van der Waals surface area contributed by atoms with Gasteiger partial charge in [-0.3, -0.25) is 0 Å². The summed E-state index contributed by atoms with van der Waals surface area (Å²) in [6, 6.07) is 0. The summed E-state index contributed by atoms with van der Waals surface area (Å²) in [5.41, 5.74) is 0. The zero-order valence-electron chi connectivity index (χ0n) is 7.14. The molecule has 10 heavy (non-hydrogen) atoms. The van der Waals surface area contributed by atoms with E-state index in [1.54, 1.807) is 2.92 Å². The maximum absolute atomic E-state index is 2.46. The van der Waals surface area contributed by atoms with Crippen LogP contribution in [0.15, 0.2) is 9.12 Å². The van der Waals surface area contributed by atoms with E-state index in [0.717, 1.165) is 0 Å². The molecule has 0 saturated heterocycles. The second kappa shape index (κ2) is 2.97. The van der Waals surface area contributed by atoms with Crippen LogP contribution in [0.1, 0.15) is 0 Å². The molecule has 0 aliphatic carbocycles. The first-order valence-corrected chi connectivity index (χ1v) is 14.5. The molecule has 1 aliphatic rings. The van der Waals surface area contributed by atoms with Crippen molar-refractivity contribution in [1.82, 2.24) is 4.90 Å². The van der Waals surface area contributed by atoms with Crippen LogP contribution in [0.3, 0.4) is 0 Å². The molecule has 0 aromatic rings. The molecule has 0 saturated carbocycles. The van der Waals surface area contributed by atoms with Crippen molar-refractivity contribution in [2.45, 2.75) is 14.8 Å². The fourth-order valence-electron chi connectivity index (χ4n) is 0.856. The molecule has 0 bridgehead atoms. The molecule has 1 nitrogen and oxygen atoms in total. The molecule has 58 valence electrons. The zero-order valence-corrected chi connectivity index (χ0v) is 10.8. The molecule has 1 rings (SSSR count). The zero-order chi connectivity index (χ0) is 7.78. The third-order valence-corrected chi connectivity index (χ3v) is 12.4. The standard InChI is InChI=1S/C4H6NS.3CH3.Sn/c1-5-2-3-6-4-5;;;;/h2H,4H2,1H3;3*1H3;. The van der Waals surface area contributed by atoms with Gasteiger partial charge in [-0.15, -0.1) is 0 Å². The van der Waals surface area contributed by atoms with Crippen LogP contribution in [-0.4, -0.2) is 36.2 Å². The van der Waals surface area contributed by atoms with E-state index in [1.807, 2.05) is 11.8 Å². The van der Waals surface area contributed by atoms with Crippen molar-refractivity contribution in [1.29, 1.82) is 0 Å². The van der Waals surface area contributed by atoms with Crippen LogP contribution in [-0.2, 0) is 0 Å². The van der Waals surface area contributed by atoms with E-state index in [0.29, 0.717) is 0 Å². The van der Waals surface area contributed by atoms with Crippen LogP contribution >= 0.6 is 11.8 Å². The molecule has 0 unspecified atom stereocenters. The van der Waals surface area contributed by atoms with E-state index in [-0.39, 0.29) is 0 Å². The van der Waals surface area contributed by atoms with Gasteiger partial charge in [-0.05, 0) is 0 Å². The van der Waals surface area contributed by atoms with E-state index >= 15 is 0 Å². The fraction of sp³-hybridized carbons (Fsp3) is 0.714. The summed E-state index contributed by atoms with van der Waals surface area (Å²) in [6.07, 6.45) is 2.33. The second-order valence-corrected chi connectivity index (χ2v) is 20.2. The van der Waals surface area contributed by atoms with Crippen molar-refractivity contribution in [3.8, 4) is 0 Å². The van der Waals surface area contributed by atoms with E-state index < -0.39 is 18.4 Å². The van der Waals surface area contributed by atoms with Gasteiger partial charge in [-0.2, -0.15) is 0 Å². The molecule has 0 radical (unpaired) electrons.